The van der Waals surface area contributed by atoms with Crippen molar-refractivity contribution >= 4 is 21.5 Å². The van der Waals surface area contributed by atoms with Crippen LogP contribution in [-0.2, 0) is 0 Å². The van der Waals surface area contributed by atoms with E-state index in [1.54, 1.807) is 0 Å². The summed E-state index contributed by atoms with van der Waals surface area (Å²) in [5, 5.41) is 4.49. The van der Waals surface area contributed by atoms with Crippen LogP contribution in [0, 0.1) is 0 Å². The standard InChI is InChI=1S/C40H26O2/c1-3-11-29(12-4-1)37-33-15-7-9-17-35(33)39(41-37)31-23-19-27(20-24-31)28-21-25-32(26-22-28)40-36-18-10-8-16-34(36)38(42-40)30-13-5-2-6-14-30/h1-26H. The molecule has 0 aliphatic carbocycles. The van der Waals surface area contributed by atoms with E-state index < -0.39 is 0 Å². The SMILES string of the molecule is c1ccc(-c2oc(-c3ccc(-c4ccc(-c5oc(-c6ccccc6)c6ccccc56)cc4)cc3)c3ccccc23)cc1. The molecule has 0 fully saturated rings. The zero-order valence-electron chi connectivity index (χ0n) is 22.8. The zero-order valence-corrected chi connectivity index (χ0v) is 22.8. The lowest BCUT2D eigenvalue weighted by Gasteiger charge is -2.06. The Balaban J connectivity index is 1.13. The van der Waals surface area contributed by atoms with Gasteiger partial charge in [-0.05, 0) is 11.1 Å². The smallest absolute Gasteiger partial charge is 0.142 e. The van der Waals surface area contributed by atoms with Crippen LogP contribution in [0.2, 0.25) is 0 Å². The highest BCUT2D eigenvalue weighted by Crippen LogP contribution is 2.41. The molecule has 42 heavy (non-hydrogen) atoms. The van der Waals surface area contributed by atoms with Crippen LogP contribution >= 0.6 is 0 Å². The van der Waals surface area contributed by atoms with E-state index in [-0.39, 0.29) is 0 Å². The van der Waals surface area contributed by atoms with Crippen LogP contribution in [0.25, 0.3) is 78.0 Å². The quantitative estimate of drug-likeness (QED) is 0.218. The third-order valence-electron chi connectivity index (χ3n) is 7.94. The Morgan fingerprint density at radius 3 is 0.762 bits per heavy atom. The van der Waals surface area contributed by atoms with Gasteiger partial charge in [-0.1, -0.05) is 158 Å². The first kappa shape index (κ1) is 24.2. The van der Waals surface area contributed by atoms with Gasteiger partial charge in [0.15, 0.2) is 0 Å². The molecule has 2 heteroatoms. The molecule has 0 aliphatic heterocycles. The zero-order chi connectivity index (χ0) is 27.9. The van der Waals surface area contributed by atoms with E-state index in [0.717, 1.165) is 78.0 Å². The minimum Gasteiger partial charge on any atom is -0.455 e. The number of rotatable bonds is 5. The summed E-state index contributed by atoms with van der Waals surface area (Å²) in [6.07, 6.45) is 0. The molecule has 8 rings (SSSR count). The highest BCUT2D eigenvalue weighted by Gasteiger charge is 2.17. The number of benzene rings is 6. The highest BCUT2D eigenvalue weighted by molar-refractivity contribution is 6.03. The number of hydrogen-bond acceptors (Lipinski definition) is 2. The normalized spacial score (nSPS) is 11.3. The van der Waals surface area contributed by atoms with Crippen LogP contribution in [0.5, 0.6) is 0 Å². The van der Waals surface area contributed by atoms with E-state index in [1.807, 2.05) is 36.4 Å². The molecule has 0 amide bonds. The van der Waals surface area contributed by atoms with E-state index in [9.17, 15) is 0 Å². The summed E-state index contributed by atoms with van der Waals surface area (Å²) in [5.74, 6) is 3.60. The first-order chi connectivity index (χ1) is 20.8. The van der Waals surface area contributed by atoms with Crippen LogP contribution in [0.3, 0.4) is 0 Å². The van der Waals surface area contributed by atoms with Crippen LogP contribution in [0.15, 0.2) is 167 Å². The molecule has 0 saturated heterocycles. The fourth-order valence-electron chi connectivity index (χ4n) is 5.85. The molecular weight excluding hydrogens is 512 g/mol. The van der Waals surface area contributed by atoms with Crippen LogP contribution in [0.1, 0.15) is 0 Å². The third kappa shape index (κ3) is 4.13. The van der Waals surface area contributed by atoms with Crippen molar-refractivity contribution in [3.63, 3.8) is 0 Å². The molecule has 0 saturated carbocycles. The molecule has 0 atom stereocenters. The molecule has 0 bridgehead atoms. The predicted octanol–water partition coefficient (Wildman–Crippen LogP) is 11.5. The maximum absolute atomic E-state index is 6.51. The predicted molar refractivity (Wildman–Crippen MR) is 173 cm³/mol. The van der Waals surface area contributed by atoms with E-state index in [1.165, 1.54) is 0 Å². The summed E-state index contributed by atoms with van der Waals surface area (Å²) in [6.45, 7) is 0. The third-order valence-corrected chi connectivity index (χ3v) is 7.94. The number of fused-ring (bicyclic) bond motifs is 2. The van der Waals surface area contributed by atoms with E-state index in [0.29, 0.717) is 0 Å². The molecule has 0 N–H and O–H groups in total. The van der Waals surface area contributed by atoms with Gasteiger partial charge in [0, 0.05) is 43.8 Å². The van der Waals surface area contributed by atoms with Crippen molar-refractivity contribution in [2.24, 2.45) is 0 Å². The lowest BCUT2D eigenvalue weighted by molar-refractivity contribution is 0.601. The van der Waals surface area contributed by atoms with Crippen molar-refractivity contribution in [2.75, 3.05) is 0 Å². The highest BCUT2D eigenvalue weighted by atomic mass is 16.3. The van der Waals surface area contributed by atoms with Gasteiger partial charge in [0.1, 0.15) is 23.0 Å². The Morgan fingerprint density at radius 1 is 0.214 bits per heavy atom. The van der Waals surface area contributed by atoms with E-state index in [4.69, 9.17) is 8.83 Å². The molecule has 0 aliphatic rings. The summed E-state index contributed by atoms with van der Waals surface area (Å²) < 4.78 is 13.0. The van der Waals surface area contributed by atoms with Crippen molar-refractivity contribution in [3.8, 4) is 56.4 Å². The van der Waals surface area contributed by atoms with Crippen LogP contribution < -0.4 is 0 Å². The molecule has 6 aromatic carbocycles. The second-order valence-corrected chi connectivity index (χ2v) is 10.5. The molecular formula is C40H26O2. The topological polar surface area (TPSA) is 26.3 Å². The minimum absolute atomic E-state index is 0.894. The van der Waals surface area contributed by atoms with Crippen molar-refractivity contribution in [1.29, 1.82) is 0 Å². The molecule has 0 radical (unpaired) electrons. The molecule has 2 nitrogen and oxygen atoms in total. The van der Waals surface area contributed by atoms with Crippen molar-refractivity contribution < 1.29 is 8.83 Å². The average Bonchev–Trinajstić information content (AvgIpc) is 3.66. The first-order valence-corrected chi connectivity index (χ1v) is 14.2. The number of hydrogen-bond donors (Lipinski definition) is 0. The van der Waals surface area contributed by atoms with Crippen LogP contribution in [0.4, 0.5) is 0 Å². The fourth-order valence-corrected chi connectivity index (χ4v) is 5.85. The van der Waals surface area contributed by atoms with Gasteiger partial charge in [0.2, 0.25) is 0 Å². The van der Waals surface area contributed by atoms with Crippen molar-refractivity contribution in [3.05, 3.63) is 158 Å². The monoisotopic (exact) mass is 538 g/mol. The van der Waals surface area contributed by atoms with Gasteiger partial charge >= 0.3 is 0 Å². The second-order valence-electron chi connectivity index (χ2n) is 10.5. The van der Waals surface area contributed by atoms with Gasteiger partial charge in [0.25, 0.3) is 0 Å². The van der Waals surface area contributed by atoms with Crippen molar-refractivity contribution in [1.82, 2.24) is 0 Å². The molecule has 0 spiro atoms. The van der Waals surface area contributed by atoms with Gasteiger partial charge in [-0.2, -0.15) is 0 Å². The van der Waals surface area contributed by atoms with Gasteiger partial charge in [-0.3, -0.25) is 0 Å². The van der Waals surface area contributed by atoms with Gasteiger partial charge in [-0.25, -0.2) is 0 Å². The molecule has 198 valence electrons. The van der Waals surface area contributed by atoms with E-state index >= 15 is 0 Å². The lowest BCUT2D eigenvalue weighted by Crippen LogP contribution is -1.81. The Labute approximate surface area is 244 Å². The molecule has 2 heterocycles. The largest absolute Gasteiger partial charge is 0.455 e. The Morgan fingerprint density at radius 2 is 0.452 bits per heavy atom. The summed E-state index contributed by atoms with van der Waals surface area (Å²) in [4.78, 5) is 0. The van der Waals surface area contributed by atoms with Crippen molar-refractivity contribution in [2.45, 2.75) is 0 Å². The maximum atomic E-state index is 6.51. The first-order valence-electron chi connectivity index (χ1n) is 14.2. The Hall–Kier alpha value is -5.60. The summed E-state index contributed by atoms with van der Waals surface area (Å²) in [7, 11) is 0. The second kappa shape index (κ2) is 10.1. The summed E-state index contributed by atoms with van der Waals surface area (Å²) in [6, 6.07) is 54.7. The minimum atomic E-state index is 0.894. The summed E-state index contributed by atoms with van der Waals surface area (Å²) in [5.41, 5.74) is 6.58. The van der Waals surface area contributed by atoms with Gasteiger partial charge in [0.05, 0.1) is 0 Å². The van der Waals surface area contributed by atoms with Crippen LogP contribution in [-0.4, -0.2) is 0 Å². The van der Waals surface area contributed by atoms with E-state index in [2.05, 4.69) is 121 Å². The lowest BCUT2D eigenvalue weighted by atomic mass is 9.99. The Bertz CT molecular complexity index is 1990. The molecule has 0 unspecified atom stereocenters. The Kier molecular flexibility index (Phi) is 5.82. The molecule has 2 aromatic heterocycles. The average molecular weight is 539 g/mol. The maximum Gasteiger partial charge on any atom is 0.142 e. The number of furan rings is 2. The van der Waals surface area contributed by atoms with Gasteiger partial charge in [-0.15, -0.1) is 0 Å². The summed E-state index contributed by atoms with van der Waals surface area (Å²) >= 11 is 0. The molecule has 8 aromatic rings. The fraction of sp³-hybridized carbons (Fsp3) is 0. The van der Waals surface area contributed by atoms with Gasteiger partial charge < -0.3 is 8.83 Å².